The maximum absolute atomic E-state index is 11.6. The van der Waals surface area contributed by atoms with Gasteiger partial charge in [-0.2, -0.15) is 0 Å². The number of nitrogens with zero attached hydrogens (tertiary/aromatic N) is 1. The van der Waals surface area contributed by atoms with Gasteiger partial charge in [0.2, 0.25) is 5.91 Å². The van der Waals surface area contributed by atoms with E-state index in [1.54, 1.807) is 30.5 Å². The van der Waals surface area contributed by atoms with E-state index in [0.29, 0.717) is 11.6 Å². The summed E-state index contributed by atoms with van der Waals surface area (Å²) in [7, 11) is 0. The van der Waals surface area contributed by atoms with Crippen LogP contribution in [0.2, 0.25) is 0 Å². The number of thiocarbonyl (C=S) groups is 1. The molecule has 0 saturated heterocycles. The summed E-state index contributed by atoms with van der Waals surface area (Å²) in [6, 6.07) is 7.15. The van der Waals surface area contributed by atoms with Gasteiger partial charge in [-0.15, -0.1) is 0 Å². The average molecular weight is 399 g/mol. The summed E-state index contributed by atoms with van der Waals surface area (Å²) in [5, 5.41) is 5.53. The Balaban J connectivity index is 1.85. The van der Waals surface area contributed by atoms with Gasteiger partial charge in [0, 0.05) is 15.8 Å². The molecule has 2 aromatic rings. The van der Waals surface area contributed by atoms with Crippen LogP contribution in [0.4, 0.5) is 5.82 Å². The topological polar surface area (TPSA) is 67.2 Å². The molecule has 5 nitrogen and oxygen atoms in total. The Morgan fingerprint density at radius 1 is 1.40 bits per heavy atom. The average Bonchev–Trinajstić information content (AvgIpc) is 2.92. The first kappa shape index (κ1) is 14.7. The number of nitrogens with one attached hydrogen (secondary N) is 2. The second-order valence-electron chi connectivity index (χ2n) is 3.65. The molecule has 0 aliphatic rings. The summed E-state index contributed by atoms with van der Waals surface area (Å²) in [4.78, 5) is 15.7. The number of anilines is 1. The summed E-state index contributed by atoms with van der Waals surface area (Å²) in [6.45, 7) is 0. The number of hydrogen-bond acceptors (Lipinski definition) is 4. The maximum atomic E-state index is 11.6. The molecular formula is C13H10IN3O2S. The van der Waals surface area contributed by atoms with Gasteiger partial charge < -0.3 is 9.73 Å². The van der Waals surface area contributed by atoms with E-state index >= 15 is 0 Å². The zero-order chi connectivity index (χ0) is 14.4. The quantitative estimate of drug-likeness (QED) is 0.472. The van der Waals surface area contributed by atoms with E-state index in [1.165, 1.54) is 12.3 Å². The molecule has 7 heteroatoms. The number of amides is 1. The molecule has 0 radical (unpaired) electrons. The van der Waals surface area contributed by atoms with Crippen molar-refractivity contribution in [2.45, 2.75) is 0 Å². The van der Waals surface area contributed by atoms with Crippen LogP contribution in [0.15, 0.2) is 47.2 Å². The normalized spacial score (nSPS) is 10.4. The number of carbonyl (C=O) groups excluding carboxylic acids is 1. The van der Waals surface area contributed by atoms with Crippen molar-refractivity contribution in [3.63, 3.8) is 0 Å². The van der Waals surface area contributed by atoms with E-state index in [9.17, 15) is 4.79 Å². The van der Waals surface area contributed by atoms with Crippen molar-refractivity contribution in [1.82, 2.24) is 10.3 Å². The highest BCUT2D eigenvalue weighted by molar-refractivity contribution is 14.1. The Morgan fingerprint density at radius 2 is 2.25 bits per heavy atom. The molecule has 0 aliphatic carbocycles. The van der Waals surface area contributed by atoms with Gasteiger partial charge in [-0.1, -0.05) is 0 Å². The Kier molecular flexibility index (Phi) is 5.24. The van der Waals surface area contributed by atoms with Crippen LogP contribution in [0, 0.1) is 3.57 Å². The number of aromatic nitrogens is 1. The Bertz CT molecular complexity index is 624. The predicted octanol–water partition coefficient (Wildman–Crippen LogP) is 2.81. The van der Waals surface area contributed by atoms with Crippen LogP contribution in [0.5, 0.6) is 0 Å². The summed E-state index contributed by atoms with van der Waals surface area (Å²) < 4.78 is 6.09. The number of rotatable bonds is 3. The zero-order valence-electron chi connectivity index (χ0n) is 10.2. The van der Waals surface area contributed by atoms with Crippen molar-refractivity contribution < 1.29 is 9.21 Å². The Morgan fingerprint density at radius 3 is 2.90 bits per heavy atom. The lowest BCUT2D eigenvalue weighted by Crippen LogP contribution is -2.33. The van der Waals surface area contributed by atoms with Crippen LogP contribution in [-0.4, -0.2) is 16.0 Å². The summed E-state index contributed by atoms with van der Waals surface area (Å²) >= 11 is 7.17. The second-order valence-corrected chi connectivity index (χ2v) is 5.31. The monoisotopic (exact) mass is 399 g/mol. The van der Waals surface area contributed by atoms with Crippen molar-refractivity contribution in [1.29, 1.82) is 0 Å². The van der Waals surface area contributed by atoms with Crippen molar-refractivity contribution >= 4 is 57.7 Å². The zero-order valence-corrected chi connectivity index (χ0v) is 13.1. The van der Waals surface area contributed by atoms with Gasteiger partial charge in [-0.3, -0.25) is 10.1 Å². The molecule has 2 heterocycles. The van der Waals surface area contributed by atoms with Gasteiger partial charge in [0.1, 0.15) is 11.6 Å². The Hall–Kier alpha value is -1.74. The van der Waals surface area contributed by atoms with Crippen LogP contribution in [0.25, 0.3) is 6.08 Å². The third-order valence-corrected chi connectivity index (χ3v) is 2.99. The molecule has 2 N–H and O–H groups in total. The first-order chi connectivity index (χ1) is 9.63. The van der Waals surface area contributed by atoms with Gasteiger partial charge in [0.15, 0.2) is 5.11 Å². The first-order valence-corrected chi connectivity index (χ1v) is 7.07. The van der Waals surface area contributed by atoms with Crippen LogP contribution in [0.3, 0.4) is 0 Å². The second kappa shape index (κ2) is 7.15. The van der Waals surface area contributed by atoms with Crippen molar-refractivity contribution in [2.75, 3.05) is 5.32 Å². The molecule has 0 atom stereocenters. The molecule has 0 saturated carbocycles. The minimum atomic E-state index is -0.343. The van der Waals surface area contributed by atoms with Crippen LogP contribution in [0.1, 0.15) is 5.76 Å². The van der Waals surface area contributed by atoms with E-state index in [-0.39, 0.29) is 11.0 Å². The third kappa shape index (κ3) is 4.74. The number of carbonyl (C=O) groups is 1. The first-order valence-electron chi connectivity index (χ1n) is 5.58. The highest BCUT2D eigenvalue weighted by Crippen LogP contribution is 2.06. The van der Waals surface area contributed by atoms with E-state index in [2.05, 4.69) is 38.2 Å². The molecular weight excluding hydrogens is 389 g/mol. The maximum Gasteiger partial charge on any atom is 0.250 e. The van der Waals surface area contributed by atoms with Gasteiger partial charge in [0.25, 0.3) is 0 Å². The van der Waals surface area contributed by atoms with E-state index in [4.69, 9.17) is 16.6 Å². The lowest BCUT2D eigenvalue weighted by molar-refractivity contribution is -0.115. The largest absolute Gasteiger partial charge is 0.465 e. The molecule has 0 unspecified atom stereocenters. The summed E-state index contributed by atoms with van der Waals surface area (Å²) in [5.41, 5.74) is 0. The van der Waals surface area contributed by atoms with Crippen molar-refractivity contribution in [3.8, 4) is 0 Å². The van der Waals surface area contributed by atoms with Gasteiger partial charge in [-0.25, -0.2) is 4.98 Å². The third-order valence-electron chi connectivity index (χ3n) is 2.15. The minimum Gasteiger partial charge on any atom is -0.465 e. The predicted molar refractivity (Wildman–Crippen MR) is 89.1 cm³/mol. The van der Waals surface area contributed by atoms with Crippen molar-refractivity contribution in [3.05, 3.63) is 52.1 Å². The van der Waals surface area contributed by atoms with Crippen LogP contribution < -0.4 is 10.6 Å². The highest BCUT2D eigenvalue weighted by atomic mass is 127. The SMILES string of the molecule is O=C(C=Cc1ccco1)NC(=S)Nc1ccc(I)cn1. The van der Waals surface area contributed by atoms with Gasteiger partial charge >= 0.3 is 0 Å². The highest BCUT2D eigenvalue weighted by Gasteiger charge is 2.02. The summed E-state index contributed by atoms with van der Waals surface area (Å²) in [6.07, 6.45) is 6.13. The molecule has 0 fully saturated rings. The molecule has 0 spiro atoms. The molecule has 2 rings (SSSR count). The Labute approximate surface area is 134 Å². The smallest absolute Gasteiger partial charge is 0.250 e. The fraction of sp³-hybridized carbons (Fsp3) is 0. The van der Waals surface area contributed by atoms with E-state index in [1.807, 2.05) is 6.07 Å². The fourth-order valence-corrected chi connectivity index (χ4v) is 1.82. The lowest BCUT2D eigenvalue weighted by Gasteiger charge is -2.06. The van der Waals surface area contributed by atoms with Gasteiger partial charge in [-0.05, 0) is 65.2 Å². The summed E-state index contributed by atoms with van der Waals surface area (Å²) in [5.74, 6) is 0.827. The molecule has 2 aromatic heterocycles. The number of pyridine rings is 1. The van der Waals surface area contributed by atoms with E-state index < -0.39 is 0 Å². The molecule has 1 amide bonds. The van der Waals surface area contributed by atoms with E-state index in [0.717, 1.165) is 3.57 Å². The van der Waals surface area contributed by atoms with Gasteiger partial charge in [0.05, 0.1) is 6.26 Å². The molecule has 20 heavy (non-hydrogen) atoms. The fourth-order valence-electron chi connectivity index (χ4n) is 1.29. The molecule has 102 valence electrons. The molecule has 0 aliphatic heterocycles. The number of halogens is 1. The molecule has 0 bridgehead atoms. The minimum absolute atomic E-state index is 0.188. The van der Waals surface area contributed by atoms with Crippen LogP contribution >= 0.6 is 34.8 Å². The molecule has 0 aromatic carbocycles. The number of hydrogen-bond donors (Lipinski definition) is 2. The van der Waals surface area contributed by atoms with Crippen molar-refractivity contribution in [2.24, 2.45) is 0 Å². The number of furan rings is 1. The van der Waals surface area contributed by atoms with Crippen LogP contribution in [-0.2, 0) is 4.79 Å². The lowest BCUT2D eigenvalue weighted by atomic mass is 10.4. The standard InChI is InChI=1S/C13H10IN3O2S/c14-9-3-5-11(15-8-9)16-13(20)17-12(18)6-4-10-2-1-7-19-10/h1-8H,(H2,15,16,17,18,20).